The fraction of sp³-hybridized carbons (Fsp3) is 0.714. The highest BCUT2D eigenvalue weighted by Gasteiger charge is 2.30. The molecule has 0 amide bonds. The monoisotopic (exact) mass is 128 g/mol. The number of hydrogen-bond acceptors (Lipinski definition) is 2. The maximum Gasteiger partial charge on any atom is 0.109 e. The second kappa shape index (κ2) is 2.50. The lowest BCUT2D eigenvalue weighted by Crippen LogP contribution is -2.28. The zero-order valence-corrected chi connectivity index (χ0v) is 5.47. The van der Waals surface area contributed by atoms with Gasteiger partial charge in [-0.05, 0) is 12.8 Å². The summed E-state index contributed by atoms with van der Waals surface area (Å²) in [4.78, 5) is 0. The number of aliphatic hydroxyl groups is 1. The zero-order valence-electron chi connectivity index (χ0n) is 5.47. The second-order valence-electron chi connectivity index (χ2n) is 2.38. The van der Waals surface area contributed by atoms with Crippen molar-refractivity contribution in [2.45, 2.75) is 18.4 Å². The Morgan fingerprint density at radius 2 is 2.56 bits per heavy atom. The topological polar surface area (TPSA) is 29.5 Å². The molecule has 1 rings (SSSR count). The molecule has 52 valence electrons. The molecule has 0 aromatic rings. The molecule has 1 saturated heterocycles. The molecule has 0 aliphatic carbocycles. The molecule has 0 spiro atoms. The van der Waals surface area contributed by atoms with E-state index in [4.69, 9.17) is 9.84 Å². The van der Waals surface area contributed by atoms with Gasteiger partial charge in [0.1, 0.15) is 5.60 Å². The van der Waals surface area contributed by atoms with E-state index in [0.717, 1.165) is 19.4 Å². The predicted molar refractivity (Wildman–Crippen MR) is 35.2 cm³/mol. The van der Waals surface area contributed by atoms with E-state index in [1.807, 2.05) is 0 Å². The summed E-state index contributed by atoms with van der Waals surface area (Å²) in [6.07, 6.45) is 3.64. The van der Waals surface area contributed by atoms with E-state index < -0.39 is 5.60 Å². The molecule has 1 atom stereocenters. The number of aliphatic hydroxyl groups excluding tert-OH is 1. The summed E-state index contributed by atoms with van der Waals surface area (Å²) in [7, 11) is 0. The minimum atomic E-state index is -0.403. The van der Waals surface area contributed by atoms with E-state index in [1.54, 1.807) is 6.08 Å². The molecule has 1 fully saturated rings. The number of ether oxygens (including phenoxy) is 1. The zero-order chi connectivity index (χ0) is 6.74. The molecule has 0 bridgehead atoms. The lowest BCUT2D eigenvalue weighted by atomic mass is 10.0. The van der Waals surface area contributed by atoms with Crippen molar-refractivity contribution in [2.24, 2.45) is 0 Å². The van der Waals surface area contributed by atoms with Crippen LogP contribution in [0.3, 0.4) is 0 Å². The molecule has 0 aromatic carbocycles. The van der Waals surface area contributed by atoms with E-state index in [2.05, 4.69) is 6.58 Å². The van der Waals surface area contributed by atoms with Gasteiger partial charge in [-0.3, -0.25) is 0 Å². The first-order valence-corrected chi connectivity index (χ1v) is 3.21. The van der Waals surface area contributed by atoms with Gasteiger partial charge in [0.15, 0.2) is 0 Å². The third-order valence-electron chi connectivity index (χ3n) is 1.77. The van der Waals surface area contributed by atoms with Crippen molar-refractivity contribution in [3.63, 3.8) is 0 Å². The van der Waals surface area contributed by atoms with Crippen LogP contribution in [0.25, 0.3) is 0 Å². The van der Waals surface area contributed by atoms with Gasteiger partial charge in [-0.1, -0.05) is 6.08 Å². The highest BCUT2D eigenvalue weighted by atomic mass is 16.5. The average Bonchev–Trinajstić information content (AvgIpc) is 2.36. The molecule has 2 nitrogen and oxygen atoms in total. The number of hydrogen-bond donors (Lipinski definition) is 1. The van der Waals surface area contributed by atoms with Crippen LogP contribution in [0.2, 0.25) is 0 Å². The number of rotatable bonds is 2. The highest BCUT2D eigenvalue weighted by molar-refractivity contribution is 4.99. The van der Waals surface area contributed by atoms with Crippen molar-refractivity contribution < 1.29 is 9.84 Å². The van der Waals surface area contributed by atoms with Crippen LogP contribution >= 0.6 is 0 Å². The Morgan fingerprint density at radius 3 is 2.78 bits per heavy atom. The Labute approximate surface area is 55.1 Å². The van der Waals surface area contributed by atoms with Crippen LogP contribution in [0, 0.1) is 0 Å². The van der Waals surface area contributed by atoms with Crippen LogP contribution in [-0.2, 0) is 4.74 Å². The first-order chi connectivity index (χ1) is 4.33. The highest BCUT2D eigenvalue weighted by Crippen LogP contribution is 2.25. The molecule has 0 saturated carbocycles. The van der Waals surface area contributed by atoms with Crippen LogP contribution in [-0.4, -0.2) is 23.9 Å². The normalized spacial score (nSPS) is 34.8. The van der Waals surface area contributed by atoms with Crippen molar-refractivity contribution in [3.05, 3.63) is 12.7 Å². The van der Waals surface area contributed by atoms with Crippen LogP contribution in [0.4, 0.5) is 0 Å². The summed E-state index contributed by atoms with van der Waals surface area (Å²) in [6, 6.07) is 0. The van der Waals surface area contributed by atoms with Gasteiger partial charge in [-0.25, -0.2) is 0 Å². The van der Waals surface area contributed by atoms with E-state index in [9.17, 15) is 0 Å². The summed E-state index contributed by atoms with van der Waals surface area (Å²) < 4.78 is 5.27. The Balaban J connectivity index is 2.55. The van der Waals surface area contributed by atoms with Crippen molar-refractivity contribution in [3.8, 4) is 0 Å². The van der Waals surface area contributed by atoms with Crippen LogP contribution in [0.1, 0.15) is 12.8 Å². The maximum absolute atomic E-state index is 8.82. The van der Waals surface area contributed by atoms with Crippen molar-refractivity contribution >= 4 is 0 Å². The Bertz CT molecular complexity index is 103. The van der Waals surface area contributed by atoms with E-state index in [-0.39, 0.29) is 6.61 Å². The van der Waals surface area contributed by atoms with Gasteiger partial charge in [0.05, 0.1) is 6.61 Å². The standard InChI is InChI=1S/C7H12O2/c1-2-7(6-8)4-3-5-9-7/h2,8H,1,3-6H2. The summed E-state index contributed by atoms with van der Waals surface area (Å²) in [6.45, 7) is 4.42. The van der Waals surface area contributed by atoms with Gasteiger partial charge in [0.25, 0.3) is 0 Å². The Hall–Kier alpha value is -0.340. The van der Waals surface area contributed by atoms with Gasteiger partial charge in [-0.2, -0.15) is 0 Å². The fourth-order valence-corrected chi connectivity index (χ4v) is 1.07. The molecule has 1 heterocycles. The van der Waals surface area contributed by atoms with Gasteiger partial charge in [0, 0.05) is 6.61 Å². The summed E-state index contributed by atoms with van der Waals surface area (Å²) in [5.41, 5.74) is -0.403. The van der Waals surface area contributed by atoms with E-state index >= 15 is 0 Å². The lowest BCUT2D eigenvalue weighted by molar-refractivity contribution is -0.000800. The first-order valence-electron chi connectivity index (χ1n) is 3.21. The van der Waals surface area contributed by atoms with E-state index in [1.165, 1.54) is 0 Å². The quantitative estimate of drug-likeness (QED) is 0.555. The molecule has 1 N–H and O–H groups in total. The average molecular weight is 128 g/mol. The minimum Gasteiger partial charge on any atom is -0.393 e. The molecular weight excluding hydrogens is 116 g/mol. The Morgan fingerprint density at radius 1 is 1.78 bits per heavy atom. The molecule has 0 radical (unpaired) electrons. The third-order valence-corrected chi connectivity index (χ3v) is 1.77. The summed E-state index contributed by atoms with van der Waals surface area (Å²) in [5, 5.41) is 8.82. The van der Waals surface area contributed by atoms with Gasteiger partial charge < -0.3 is 9.84 Å². The first kappa shape index (κ1) is 6.78. The molecule has 2 heteroatoms. The van der Waals surface area contributed by atoms with Crippen molar-refractivity contribution in [2.75, 3.05) is 13.2 Å². The van der Waals surface area contributed by atoms with Crippen molar-refractivity contribution in [1.82, 2.24) is 0 Å². The van der Waals surface area contributed by atoms with E-state index in [0.29, 0.717) is 0 Å². The minimum absolute atomic E-state index is 0.0660. The van der Waals surface area contributed by atoms with Crippen molar-refractivity contribution in [1.29, 1.82) is 0 Å². The summed E-state index contributed by atoms with van der Waals surface area (Å²) >= 11 is 0. The largest absolute Gasteiger partial charge is 0.393 e. The lowest BCUT2D eigenvalue weighted by Gasteiger charge is -2.20. The van der Waals surface area contributed by atoms with Crippen LogP contribution in [0.15, 0.2) is 12.7 Å². The van der Waals surface area contributed by atoms with Crippen LogP contribution < -0.4 is 0 Å². The molecule has 1 aliphatic heterocycles. The molecule has 0 aromatic heterocycles. The second-order valence-corrected chi connectivity index (χ2v) is 2.38. The van der Waals surface area contributed by atoms with Gasteiger partial charge in [0.2, 0.25) is 0 Å². The van der Waals surface area contributed by atoms with Gasteiger partial charge >= 0.3 is 0 Å². The SMILES string of the molecule is C=CC1(CO)CCCO1. The molecule has 1 aliphatic rings. The fourth-order valence-electron chi connectivity index (χ4n) is 1.07. The Kier molecular flexibility index (Phi) is 1.88. The molecule has 9 heavy (non-hydrogen) atoms. The van der Waals surface area contributed by atoms with Gasteiger partial charge in [-0.15, -0.1) is 6.58 Å². The summed E-state index contributed by atoms with van der Waals surface area (Å²) in [5.74, 6) is 0. The predicted octanol–water partition coefficient (Wildman–Crippen LogP) is 0.714. The smallest absolute Gasteiger partial charge is 0.109 e. The van der Waals surface area contributed by atoms with Crippen LogP contribution in [0.5, 0.6) is 0 Å². The maximum atomic E-state index is 8.82. The third kappa shape index (κ3) is 1.14. The molecular formula is C7H12O2. The molecule has 1 unspecified atom stereocenters.